The summed E-state index contributed by atoms with van der Waals surface area (Å²) in [5.41, 5.74) is -0.366. The van der Waals surface area contributed by atoms with E-state index in [-0.39, 0.29) is 5.82 Å². The van der Waals surface area contributed by atoms with Gasteiger partial charge >= 0.3 is 0 Å². The summed E-state index contributed by atoms with van der Waals surface area (Å²) < 4.78 is 13.1. The van der Waals surface area contributed by atoms with Gasteiger partial charge in [-0.2, -0.15) is 0 Å². The summed E-state index contributed by atoms with van der Waals surface area (Å²) in [7, 11) is 0. The fraction of sp³-hybridized carbons (Fsp3) is 0.538. The lowest BCUT2D eigenvalue weighted by Gasteiger charge is -2.28. The highest BCUT2D eigenvalue weighted by atomic mass is 19.1. The van der Waals surface area contributed by atoms with Crippen LogP contribution in [0, 0.1) is 5.82 Å². The number of halogens is 1. The molecule has 1 unspecified atom stereocenters. The molecule has 3 heteroatoms. The number of hydrogen-bond donors (Lipinski definition) is 2. The molecular formula is C13H20FNO. The zero-order valence-corrected chi connectivity index (χ0v) is 10.1. The van der Waals surface area contributed by atoms with Crippen molar-refractivity contribution in [3.63, 3.8) is 0 Å². The molecule has 0 radical (unpaired) electrons. The molecule has 0 heterocycles. The van der Waals surface area contributed by atoms with Crippen LogP contribution in [-0.4, -0.2) is 17.7 Å². The van der Waals surface area contributed by atoms with Gasteiger partial charge in [0.1, 0.15) is 11.4 Å². The van der Waals surface area contributed by atoms with Crippen molar-refractivity contribution in [1.29, 1.82) is 0 Å². The molecule has 1 atom stereocenters. The second-order valence-corrected chi connectivity index (χ2v) is 4.43. The van der Waals surface area contributed by atoms with Gasteiger partial charge in [-0.15, -0.1) is 0 Å². The van der Waals surface area contributed by atoms with Gasteiger partial charge in [-0.05, 0) is 24.1 Å². The van der Waals surface area contributed by atoms with E-state index in [1.807, 2.05) is 20.8 Å². The lowest BCUT2D eigenvalue weighted by Crippen LogP contribution is -2.40. The summed E-state index contributed by atoms with van der Waals surface area (Å²) >= 11 is 0. The van der Waals surface area contributed by atoms with E-state index in [2.05, 4.69) is 5.32 Å². The zero-order valence-electron chi connectivity index (χ0n) is 10.1. The standard InChI is InChI=1S/C13H20FNO/c1-4-13(16,9-15-10(2)3)11-6-5-7-12(14)8-11/h5-8,10,15-16H,4,9H2,1-3H3. The van der Waals surface area contributed by atoms with E-state index in [4.69, 9.17) is 0 Å². The first kappa shape index (κ1) is 13.1. The normalized spacial score (nSPS) is 15.1. The van der Waals surface area contributed by atoms with Gasteiger partial charge in [0.15, 0.2) is 0 Å². The lowest BCUT2D eigenvalue weighted by molar-refractivity contribution is 0.0305. The van der Waals surface area contributed by atoms with Gasteiger partial charge in [-0.25, -0.2) is 4.39 Å². The van der Waals surface area contributed by atoms with E-state index in [1.165, 1.54) is 12.1 Å². The van der Waals surface area contributed by atoms with E-state index < -0.39 is 5.60 Å². The van der Waals surface area contributed by atoms with Crippen LogP contribution in [0.25, 0.3) is 0 Å². The molecule has 0 aliphatic rings. The quantitative estimate of drug-likeness (QED) is 0.806. The van der Waals surface area contributed by atoms with E-state index in [9.17, 15) is 9.50 Å². The van der Waals surface area contributed by atoms with Crippen molar-refractivity contribution in [1.82, 2.24) is 5.32 Å². The van der Waals surface area contributed by atoms with Crippen LogP contribution in [0.3, 0.4) is 0 Å². The average Bonchev–Trinajstić information content (AvgIpc) is 2.26. The second-order valence-electron chi connectivity index (χ2n) is 4.43. The Morgan fingerprint density at radius 2 is 2.12 bits per heavy atom. The molecule has 0 aliphatic carbocycles. The molecule has 0 amide bonds. The Morgan fingerprint density at radius 1 is 1.44 bits per heavy atom. The molecule has 2 nitrogen and oxygen atoms in total. The van der Waals surface area contributed by atoms with Crippen LogP contribution < -0.4 is 5.32 Å². The molecule has 16 heavy (non-hydrogen) atoms. The highest BCUT2D eigenvalue weighted by Crippen LogP contribution is 2.24. The molecule has 2 N–H and O–H groups in total. The molecule has 0 fully saturated rings. The number of rotatable bonds is 5. The highest BCUT2D eigenvalue weighted by molar-refractivity contribution is 5.23. The van der Waals surface area contributed by atoms with Gasteiger partial charge in [0.05, 0.1) is 0 Å². The topological polar surface area (TPSA) is 32.3 Å². The van der Waals surface area contributed by atoms with Crippen LogP contribution in [-0.2, 0) is 5.60 Å². The van der Waals surface area contributed by atoms with Crippen LogP contribution in [0.2, 0.25) is 0 Å². The van der Waals surface area contributed by atoms with Gasteiger partial charge < -0.3 is 10.4 Å². The van der Waals surface area contributed by atoms with Gasteiger partial charge in [-0.1, -0.05) is 32.9 Å². The van der Waals surface area contributed by atoms with Crippen LogP contribution in [0.1, 0.15) is 32.8 Å². The first-order valence-corrected chi connectivity index (χ1v) is 5.70. The fourth-order valence-electron chi connectivity index (χ4n) is 1.58. The lowest BCUT2D eigenvalue weighted by atomic mass is 9.91. The molecule has 0 aliphatic heterocycles. The van der Waals surface area contributed by atoms with Crippen molar-refractivity contribution < 1.29 is 9.50 Å². The Morgan fingerprint density at radius 3 is 2.62 bits per heavy atom. The number of aliphatic hydroxyl groups is 1. The molecule has 90 valence electrons. The van der Waals surface area contributed by atoms with E-state index >= 15 is 0 Å². The smallest absolute Gasteiger partial charge is 0.123 e. The summed E-state index contributed by atoms with van der Waals surface area (Å²) in [5.74, 6) is -0.311. The summed E-state index contributed by atoms with van der Waals surface area (Å²) in [6, 6.07) is 6.46. The summed E-state index contributed by atoms with van der Waals surface area (Å²) in [5, 5.41) is 13.6. The van der Waals surface area contributed by atoms with Crippen molar-refractivity contribution in [2.45, 2.75) is 38.8 Å². The molecule has 0 spiro atoms. The van der Waals surface area contributed by atoms with Gasteiger partial charge in [0.2, 0.25) is 0 Å². The number of benzene rings is 1. The maximum absolute atomic E-state index is 13.1. The maximum atomic E-state index is 13.1. The van der Waals surface area contributed by atoms with Crippen LogP contribution >= 0.6 is 0 Å². The minimum Gasteiger partial charge on any atom is -0.384 e. The third kappa shape index (κ3) is 3.29. The third-order valence-corrected chi connectivity index (χ3v) is 2.75. The molecule has 0 saturated heterocycles. The number of nitrogens with one attached hydrogen (secondary N) is 1. The van der Waals surface area contributed by atoms with Crippen molar-refractivity contribution >= 4 is 0 Å². The monoisotopic (exact) mass is 225 g/mol. The van der Waals surface area contributed by atoms with Gasteiger partial charge in [-0.3, -0.25) is 0 Å². The van der Waals surface area contributed by atoms with Gasteiger partial charge in [0.25, 0.3) is 0 Å². The van der Waals surface area contributed by atoms with E-state index in [1.54, 1.807) is 12.1 Å². The minimum absolute atomic E-state index is 0.298. The average molecular weight is 225 g/mol. The van der Waals surface area contributed by atoms with Crippen LogP contribution in [0.5, 0.6) is 0 Å². The molecule has 0 saturated carbocycles. The summed E-state index contributed by atoms with van der Waals surface area (Å²) in [6.07, 6.45) is 0.552. The molecule has 1 aromatic carbocycles. The van der Waals surface area contributed by atoms with Crippen LogP contribution in [0.4, 0.5) is 4.39 Å². The summed E-state index contributed by atoms with van der Waals surface area (Å²) in [6.45, 7) is 6.36. The molecule has 0 bridgehead atoms. The fourth-order valence-corrected chi connectivity index (χ4v) is 1.58. The third-order valence-electron chi connectivity index (χ3n) is 2.75. The second kappa shape index (κ2) is 5.41. The SMILES string of the molecule is CCC(O)(CNC(C)C)c1cccc(F)c1. The van der Waals surface area contributed by atoms with E-state index in [0.29, 0.717) is 24.6 Å². The van der Waals surface area contributed by atoms with Crippen molar-refractivity contribution in [2.75, 3.05) is 6.54 Å². The Balaban J connectivity index is 2.86. The predicted molar refractivity (Wildman–Crippen MR) is 63.7 cm³/mol. The molecule has 1 rings (SSSR count). The van der Waals surface area contributed by atoms with E-state index in [0.717, 1.165) is 0 Å². The van der Waals surface area contributed by atoms with Crippen molar-refractivity contribution in [3.05, 3.63) is 35.6 Å². The number of hydrogen-bond acceptors (Lipinski definition) is 2. The Hall–Kier alpha value is -0.930. The minimum atomic E-state index is -0.994. The summed E-state index contributed by atoms with van der Waals surface area (Å²) in [4.78, 5) is 0. The largest absolute Gasteiger partial charge is 0.384 e. The van der Waals surface area contributed by atoms with Crippen molar-refractivity contribution in [2.24, 2.45) is 0 Å². The first-order valence-electron chi connectivity index (χ1n) is 5.70. The first-order chi connectivity index (χ1) is 7.48. The molecule has 1 aromatic rings. The van der Waals surface area contributed by atoms with Crippen molar-refractivity contribution in [3.8, 4) is 0 Å². The molecular weight excluding hydrogens is 205 g/mol. The predicted octanol–water partition coefficient (Wildman–Crippen LogP) is 2.42. The zero-order chi connectivity index (χ0) is 12.2. The Labute approximate surface area is 96.5 Å². The Kier molecular flexibility index (Phi) is 4.44. The van der Waals surface area contributed by atoms with Crippen LogP contribution in [0.15, 0.2) is 24.3 Å². The highest BCUT2D eigenvalue weighted by Gasteiger charge is 2.27. The van der Waals surface area contributed by atoms with Gasteiger partial charge in [0, 0.05) is 12.6 Å². The maximum Gasteiger partial charge on any atom is 0.123 e. The Bertz CT molecular complexity index is 340. The molecule has 0 aromatic heterocycles.